The number of amides is 2. The first-order valence-corrected chi connectivity index (χ1v) is 12.2. The molecule has 0 aliphatic rings. The van der Waals surface area contributed by atoms with E-state index < -0.39 is 21.8 Å². The summed E-state index contributed by atoms with van der Waals surface area (Å²) in [5.74, 6) is -0.792. The molecular weight excluding hydrogens is 464 g/mol. The standard InChI is InChI=1S/C27H22N2O5S/c30-26(22-14-9-15-23(18-22)34-19-20-10-3-1-4-11-20)28-24-16-7-8-17-25(24)35(32,33)29-27(31)21-12-5-2-6-13-21/h1-18H,19H2,(H,28,30)(H,29,31). The predicted molar refractivity (Wildman–Crippen MR) is 133 cm³/mol. The van der Waals surface area contributed by atoms with Crippen molar-refractivity contribution in [2.24, 2.45) is 0 Å². The second-order valence-electron chi connectivity index (χ2n) is 7.55. The summed E-state index contributed by atoms with van der Waals surface area (Å²) in [7, 11) is -4.25. The molecule has 0 aliphatic carbocycles. The van der Waals surface area contributed by atoms with E-state index in [1.807, 2.05) is 35.1 Å². The van der Waals surface area contributed by atoms with Gasteiger partial charge in [0.05, 0.1) is 5.69 Å². The fourth-order valence-electron chi connectivity index (χ4n) is 3.29. The summed E-state index contributed by atoms with van der Waals surface area (Å²) >= 11 is 0. The highest BCUT2D eigenvalue weighted by Gasteiger charge is 2.23. The summed E-state index contributed by atoms with van der Waals surface area (Å²) < 4.78 is 33.7. The van der Waals surface area contributed by atoms with Crippen LogP contribution in [0.15, 0.2) is 114 Å². The Kier molecular flexibility index (Phi) is 7.23. The first kappa shape index (κ1) is 23.7. The number of carbonyl (C=O) groups is 2. The molecule has 0 saturated carbocycles. The Morgan fingerprint density at radius 2 is 1.31 bits per heavy atom. The van der Waals surface area contributed by atoms with Crippen LogP contribution in [0.3, 0.4) is 0 Å². The zero-order valence-corrected chi connectivity index (χ0v) is 19.4. The predicted octanol–water partition coefficient (Wildman–Crippen LogP) is 4.64. The molecule has 0 unspecified atom stereocenters. The number of benzene rings is 4. The lowest BCUT2D eigenvalue weighted by atomic mass is 10.2. The molecule has 0 aromatic heterocycles. The van der Waals surface area contributed by atoms with E-state index in [1.54, 1.807) is 48.5 Å². The van der Waals surface area contributed by atoms with E-state index in [9.17, 15) is 18.0 Å². The van der Waals surface area contributed by atoms with Gasteiger partial charge in [-0.1, -0.05) is 66.7 Å². The molecule has 2 N–H and O–H groups in total. The van der Waals surface area contributed by atoms with Gasteiger partial charge in [-0.25, -0.2) is 13.1 Å². The van der Waals surface area contributed by atoms with Crippen LogP contribution in [0.1, 0.15) is 26.3 Å². The van der Waals surface area contributed by atoms with Gasteiger partial charge in [0.25, 0.3) is 21.8 Å². The lowest BCUT2D eigenvalue weighted by Gasteiger charge is -2.13. The third-order valence-corrected chi connectivity index (χ3v) is 6.42. The van der Waals surface area contributed by atoms with Gasteiger partial charge in [0.1, 0.15) is 17.3 Å². The molecule has 4 aromatic carbocycles. The molecule has 0 atom stereocenters. The van der Waals surface area contributed by atoms with Crippen LogP contribution in [0.4, 0.5) is 5.69 Å². The average molecular weight is 487 g/mol. The van der Waals surface area contributed by atoms with Crippen LogP contribution in [-0.2, 0) is 16.6 Å². The Hall–Kier alpha value is -4.43. The summed E-state index contributed by atoms with van der Waals surface area (Å²) in [4.78, 5) is 25.1. The molecule has 0 bridgehead atoms. The van der Waals surface area contributed by atoms with Crippen LogP contribution in [-0.4, -0.2) is 20.2 Å². The third-order valence-electron chi connectivity index (χ3n) is 5.03. The Morgan fingerprint density at radius 1 is 0.686 bits per heavy atom. The minimum Gasteiger partial charge on any atom is -0.489 e. The number of hydrogen-bond donors (Lipinski definition) is 2. The molecule has 0 spiro atoms. The van der Waals surface area contributed by atoms with Crippen molar-refractivity contribution in [2.75, 3.05) is 5.32 Å². The lowest BCUT2D eigenvalue weighted by molar-refractivity contribution is 0.0980. The molecule has 35 heavy (non-hydrogen) atoms. The van der Waals surface area contributed by atoms with Crippen LogP contribution in [0.2, 0.25) is 0 Å². The van der Waals surface area contributed by atoms with Gasteiger partial charge in [0.2, 0.25) is 0 Å². The topological polar surface area (TPSA) is 102 Å². The molecule has 0 aliphatic heterocycles. The maximum Gasteiger partial charge on any atom is 0.266 e. The van der Waals surface area contributed by atoms with Crippen LogP contribution < -0.4 is 14.8 Å². The molecule has 0 heterocycles. The number of ether oxygens (including phenoxy) is 1. The molecular formula is C27H22N2O5S. The van der Waals surface area contributed by atoms with Crippen molar-refractivity contribution in [2.45, 2.75) is 11.5 Å². The fourth-order valence-corrected chi connectivity index (χ4v) is 4.43. The van der Waals surface area contributed by atoms with Crippen molar-refractivity contribution >= 4 is 27.5 Å². The molecule has 0 saturated heterocycles. The van der Waals surface area contributed by atoms with Crippen molar-refractivity contribution in [1.29, 1.82) is 0 Å². The van der Waals surface area contributed by atoms with Gasteiger partial charge in [-0.3, -0.25) is 9.59 Å². The van der Waals surface area contributed by atoms with E-state index in [0.717, 1.165) is 5.56 Å². The fraction of sp³-hybridized carbons (Fsp3) is 0.0370. The smallest absolute Gasteiger partial charge is 0.266 e. The first-order chi connectivity index (χ1) is 16.9. The second kappa shape index (κ2) is 10.7. The maximum atomic E-state index is 12.9. The van der Waals surface area contributed by atoms with Crippen molar-refractivity contribution in [3.63, 3.8) is 0 Å². The average Bonchev–Trinajstić information content (AvgIpc) is 2.89. The van der Waals surface area contributed by atoms with Crippen molar-refractivity contribution < 1.29 is 22.7 Å². The number of para-hydroxylation sites is 1. The molecule has 8 heteroatoms. The SMILES string of the molecule is O=C(Nc1ccccc1S(=O)(=O)NC(=O)c1ccccc1)c1cccc(OCc2ccccc2)c1. The summed E-state index contributed by atoms with van der Waals surface area (Å²) in [6.07, 6.45) is 0. The van der Waals surface area contributed by atoms with E-state index >= 15 is 0 Å². The normalized spacial score (nSPS) is 10.9. The van der Waals surface area contributed by atoms with E-state index in [2.05, 4.69) is 5.32 Å². The van der Waals surface area contributed by atoms with Crippen LogP contribution >= 0.6 is 0 Å². The van der Waals surface area contributed by atoms with E-state index in [1.165, 1.54) is 30.3 Å². The van der Waals surface area contributed by atoms with Crippen LogP contribution in [0, 0.1) is 0 Å². The number of carbonyl (C=O) groups excluding carboxylic acids is 2. The summed E-state index contributed by atoms with van der Waals surface area (Å²) in [6.45, 7) is 0.341. The second-order valence-corrected chi connectivity index (χ2v) is 9.20. The number of hydrogen-bond acceptors (Lipinski definition) is 5. The molecule has 176 valence electrons. The Morgan fingerprint density at radius 3 is 2.06 bits per heavy atom. The highest BCUT2D eigenvalue weighted by atomic mass is 32.2. The zero-order chi connectivity index (χ0) is 24.7. The largest absolute Gasteiger partial charge is 0.489 e. The summed E-state index contributed by atoms with van der Waals surface area (Å²) in [5.41, 5.74) is 1.52. The zero-order valence-electron chi connectivity index (χ0n) is 18.5. The lowest BCUT2D eigenvalue weighted by Crippen LogP contribution is -2.31. The molecule has 4 rings (SSSR count). The number of anilines is 1. The van der Waals surface area contributed by atoms with Gasteiger partial charge in [-0.2, -0.15) is 0 Å². The monoisotopic (exact) mass is 486 g/mol. The highest BCUT2D eigenvalue weighted by molar-refractivity contribution is 7.90. The molecule has 2 amide bonds. The van der Waals surface area contributed by atoms with Gasteiger partial charge < -0.3 is 10.1 Å². The Labute approximate surface area is 203 Å². The van der Waals surface area contributed by atoms with Gasteiger partial charge >= 0.3 is 0 Å². The Balaban J connectivity index is 1.49. The van der Waals surface area contributed by atoms with Gasteiger partial charge in [0, 0.05) is 11.1 Å². The van der Waals surface area contributed by atoms with E-state index in [4.69, 9.17) is 4.74 Å². The minimum atomic E-state index is -4.25. The molecule has 7 nitrogen and oxygen atoms in total. The minimum absolute atomic E-state index is 0.0430. The summed E-state index contributed by atoms with van der Waals surface area (Å²) in [5, 5.41) is 2.62. The van der Waals surface area contributed by atoms with Crippen molar-refractivity contribution in [3.05, 3.63) is 126 Å². The number of sulfonamides is 1. The van der Waals surface area contributed by atoms with Gasteiger partial charge in [-0.15, -0.1) is 0 Å². The molecule has 4 aromatic rings. The van der Waals surface area contributed by atoms with Crippen LogP contribution in [0.25, 0.3) is 0 Å². The quantitative estimate of drug-likeness (QED) is 0.378. The maximum absolute atomic E-state index is 12.9. The van der Waals surface area contributed by atoms with Crippen molar-refractivity contribution in [1.82, 2.24) is 4.72 Å². The van der Waals surface area contributed by atoms with E-state index in [-0.39, 0.29) is 21.7 Å². The number of nitrogens with one attached hydrogen (secondary N) is 2. The highest BCUT2D eigenvalue weighted by Crippen LogP contribution is 2.23. The number of rotatable bonds is 8. The van der Waals surface area contributed by atoms with Gasteiger partial charge in [0.15, 0.2) is 0 Å². The first-order valence-electron chi connectivity index (χ1n) is 10.7. The Bertz CT molecular complexity index is 1440. The third kappa shape index (κ3) is 6.13. The van der Waals surface area contributed by atoms with Crippen molar-refractivity contribution in [3.8, 4) is 5.75 Å². The van der Waals surface area contributed by atoms with Crippen LogP contribution in [0.5, 0.6) is 5.75 Å². The molecule has 0 fully saturated rings. The van der Waals surface area contributed by atoms with Gasteiger partial charge in [-0.05, 0) is 48.0 Å². The summed E-state index contributed by atoms with van der Waals surface area (Å²) in [6, 6.07) is 30.1. The van der Waals surface area contributed by atoms with E-state index in [0.29, 0.717) is 12.4 Å². The molecule has 0 radical (unpaired) electrons.